The summed E-state index contributed by atoms with van der Waals surface area (Å²) >= 11 is 0. The number of amides is 2. The molecule has 0 atom stereocenters. The molecule has 1 aromatic carbocycles. The summed E-state index contributed by atoms with van der Waals surface area (Å²) in [6.07, 6.45) is 11.1. The summed E-state index contributed by atoms with van der Waals surface area (Å²) in [6.45, 7) is 2.29. The lowest BCUT2D eigenvalue weighted by Crippen LogP contribution is -2.38. The maximum Gasteiger partial charge on any atom is 0.253 e. The summed E-state index contributed by atoms with van der Waals surface area (Å²) in [6, 6.07) is 12.9. The molecule has 2 heterocycles. The topological polar surface area (TPSA) is 76.3 Å². The average molecular weight is 408 g/mol. The van der Waals surface area contributed by atoms with E-state index in [-0.39, 0.29) is 11.8 Å². The molecule has 1 aliphatic heterocycles. The smallest absolute Gasteiger partial charge is 0.253 e. The molecule has 1 aliphatic rings. The molecule has 3 rings (SSSR count). The first-order valence-corrected chi connectivity index (χ1v) is 10.6. The quantitative estimate of drug-likeness (QED) is 0.316. The van der Waals surface area contributed by atoms with Gasteiger partial charge in [-0.3, -0.25) is 9.59 Å². The highest BCUT2D eigenvalue weighted by Gasteiger charge is 2.23. The highest BCUT2D eigenvalue weighted by Crippen LogP contribution is 2.23. The van der Waals surface area contributed by atoms with Gasteiger partial charge >= 0.3 is 0 Å². The van der Waals surface area contributed by atoms with Crippen molar-refractivity contribution in [1.82, 2.24) is 10.2 Å². The van der Waals surface area contributed by atoms with Crippen LogP contribution in [-0.4, -0.2) is 36.3 Å². The van der Waals surface area contributed by atoms with Crippen molar-refractivity contribution in [3.05, 3.63) is 77.3 Å². The van der Waals surface area contributed by atoms with Crippen molar-refractivity contribution in [1.29, 1.82) is 0 Å². The van der Waals surface area contributed by atoms with Crippen LogP contribution in [0.15, 0.2) is 60.9 Å². The molecule has 0 unspecified atom stereocenters. The van der Waals surface area contributed by atoms with E-state index in [1.165, 1.54) is 18.5 Å². The van der Waals surface area contributed by atoms with Gasteiger partial charge in [-0.05, 0) is 49.5 Å². The molecular weight excluding hydrogens is 378 g/mol. The number of hydrogen-bond acceptors (Lipinski definition) is 3. The molecule has 2 amide bonds. The Kier molecular flexibility index (Phi) is 8.01. The number of benzene rings is 1. The van der Waals surface area contributed by atoms with Gasteiger partial charge in [-0.1, -0.05) is 31.0 Å². The summed E-state index contributed by atoms with van der Waals surface area (Å²) in [4.78, 5) is 26.3. The van der Waals surface area contributed by atoms with E-state index in [4.69, 9.17) is 0 Å². The number of rotatable bonds is 8. The molecule has 6 heteroatoms. The zero-order chi connectivity index (χ0) is 21.2. The first-order chi connectivity index (χ1) is 14.6. The van der Waals surface area contributed by atoms with Crippen LogP contribution in [-0.2, 0) is 4.79 Å². The molecule has 1 saturated heterocycles. The minimum atomic E-state index is -0.149. The fraction of sp³-hybridized carbons (Fsp3) is 0.375. The predicted octanol–water partition coefficient (Wildman–Crippen LogP) is 3.17. The van der Waals surface area contributed by atoms with Gasteiger partial charge in [0.05, 0.1) is 0 Å². The molecular formula is C24H29N3O3. The van der Waals surface area contributed by atoms with Crippen molar-refractivity contribution < 1.29 is 14.3 Å². The summed E-state index contributed by atoms with van der Waals surface area (Å²) in [5.74, 6) is 0.631. The van der Waals surface area contributed by atoms with Crippen molar-refractivity contribution in [3.8, 4) is 0 Å². The van der Waals surface area contributed by atoms with Crippen LogP contribution in [0.3, 0.4) is 0 Å². The second-order valence-corrected chi connectivity index (χ2v) is 7.72. The number of piperidine rings is 1. The number of aromatic nitrogens is 1. The first kappa shape index (κ1) is 21.6. The molecule has 2 aromatic rings. The van der Waals surface area contributed by atoms with Gasteiger partial charge in [-0.25, -0.2) is 0 Å². The molecule has 1 aromatic heterocycles. The molecule has 0 spiro atoms. The summed E-state index contributed by atoms with van der Waals surface area (Å²) in [5, 5.41) is 14.1. The van der Waals surface area contributed by atoms with Gasteiger partial charge in [0.25, 0.3) is 5.91 Å². The molecule has 158 valence electrons. The molecule has 0 aliphatic carbocycles. The molecule has 1 fully saturated rings. The summed E-state index contributed by atoms with van der Waals surface area (Å²) in [5.41, 5.74) is 1.46. The summed E-state index contributed by atoms with van der Waals surface area (Å²) < 4.78 is 0.708. The van der Waals surface area contributed by atoms with Gasteiger partial charge in [0, 0.05) is 42.9 Å². The van der Waals surface area contributed by atoms with Crippen molar-refractivity contribution in [2.75, 3.05) is 19.6 Å². The maximum absolute atomic E-state index is 12.5. The zero-order valence-electron chi connectivity index (χ0n) is 17.2. The number of likely N-dealkylation sites (tertiary alicyclic amines) is 1. The second kappa shape index (κ2) is 11.1. The Morgan fingerprint density at radius 1 is 1.10 bits per heavy atom. The largest absolute Gasteiger partial charge is 0.619 e. The second-order valence-electron chi connectivity index (χ2n) is 7.72. The lowest BCUT2D eigenvalue weighted by Gasteiger charge is -2.32. The summed E-state index contributed by atoms with van der Waals surface area (Å²) in [7, 11) is 0. The Bertz CT molecular complexity index is 859. The van der Waals surface area contributed by atoms with Gasteiger partial charge in [0.1, 0.15) is 0 Å². The Balaban J connectivity index is 1.28. The van der Waals surface area contributed by atoms with Gasteiger partial charge in [-0.2, -0.15) is 4.73 Å². The number of carbonyl (C=O) groups is 2. The first-order valence-electron chi connectivity index (χ1n) is 10.6. The van der Waals surface area contributed by atoms with Crippen LogP contribution >= 0.6 is 0 Å². The Hall–Kier alpha value is -3.15. The van der Waals surface area contributed by atoms with Crippen LogP contribution in [0.1, 0.15) is 48.0 Å². The van der Waals surface area contributed by atoms with Gasteiger partial charge in [-0.15, -0.1) is 0 Å². The van der Waals surface area contributed by atoms with E-state index in [2.05, 4.69) is 5.32 Å². The lowest BCUT2D eigenvalue weighted by atomic mass is 9.91. The van der Waals surface area contributed by atoms with Gasteiger partial charge in [0.15, 0.2) is 12.4 Å². The molecule has 0 bridgehead atoms. The van der Waals surface area contributed by atoms with Crippen molar-refractivity contribution >= 4 is 17.9 Å². The van der Waals surface area contributed by atoms with Crippen molar-refractivity contribution in [3.63, 3.8) is 0 Å². The van der Waals surface area contributed by atoms with E-state index in [9.17, 15) is 14.8 Å². The minimum absolute atomic E-state index is 0.130. The minimum Gasteiger partial charge on any atom is -0.619 e. The van der Waals surface area contributed by atoms with Crippen molar-refractivity contribution in [2.24, 2.45) is 5.92 Å². The van der Waals surface area contributed by atoms with E-state index in [1.54, 1.807) is 18.2 Å². The van der Waals surface area contributed by atoms with Crippen LogP contribution in [0, 0.1) is 11.1 Å². The number of nitrogens with one attached hydrogen (secondary N) is 1. The van der Waals surface area contributed by atoms with Crippen LogP contribution in [0.25, 0.3) is 6.08 Å². The molecule has 0 saturated carbocycles. The number of pyridine rings is 1. The van der Waals surface area contributed by atoms with Crippen LogP contribution < -0.4 is 10.0 Å². The van der Waals surface area contributed by atoms with Crippen molar-refractivity contribution in [2.45, 2.75) is 32.1 Å². The average Bonchev–Trinajstić information content (AvgIpc) is 2.78. The Labute approximate surface area is 177 Å². The van der Waals surface area contributed by atoms with E-state index in [0.717, 1.165) is 50.8 Å². The van der Waals surface area contributed by atoms with E-state index >= 15 is 0 Å². The normalized spacial score (nSPS) is 14.7. The zero-order valence-corrected chi connectivity index (χ0v) is 17.2. The Morgan fingerprint density at radius 2 is 1.87 bits per heavy atom. The third-order valence-electron chi connectivity index (χ3n) is 5.49. The molecule has 6 nitrogen and oxygen atoms in total. The molecule has 0 radical (unpaired) electrons. The standard InChI is InChI=1S/C24H29N3O3/c28-23(12-11-21-8-6-16-27(30)19-21)25-15-5-4-7-20-13-17-26(18-14-20)24(29)22-9-2-1-3-10-22/h1-3,6,8-12,16,19-20H,4-5,7,13-15,17-18H2,(H,25,28)/b12-11+. The fourth-order valence-electron chi connectivity index (χ4n) is 3.76. The predicted molar refractivity (Wildman–Crippen MR) is 116 cm³/mol. The van der Waals surface area contributed by atoms with Crippen LogP contribution in [0.2, 0.25) is 0 Å². The third kappa shape index (κ3) is 6.72. The highest BCUT2D eigenvalue weighted by molar-refractivity contribution is 5.94. The van der Waals surface area contributed by atoms with E-state index in [0.29, 0.717) is 22.8 Å². The van der Waals surface area contributed by atoms with Crippen LogP contribution in [0.5, 0.6) is 0 Å². The van der Waals surface area contributed by atoms with Gasteiger partial charge in [0.2, 0.25) is 5.91 Å². The monoisotopic (exact) mass is 407 g/mol. The fourth-order valence-corrected chi connectivity index (χ4v) is 3.76. The van der Waals surface area contributed by atoms with Gasteiger partial charge < -0.3 is 15.4 Å². The number of hydrogen-bond donors (Lipinski definition) is 1. The highest BCUT2D eigenvalue weighted by atomic mass is 16.5. The third-order valence-corrected chi connectivity index (χ3v) is 5.49. The number of nitrogens with zero attached hydrogens (tertiary/aromatic N) is 2. The lowest BCUT2D eigenvalue weighted by molar-refractivity contribution is -0.605. The number of carbonyl (C=O) groups excluding carboxylic acids is 2. The molecule has 30 heavy (non-hydrogen) atoms. The maximum atomic E-state index is 12.5. The van der Waals surface area contributed by atoms with E-state index < -0.39 is 0 Å². The SMILES string of the molecule is O=C(/C=C/c1ccc[n+]([O-])c1)NCCCCC1CCN(C(=O)c2ccccc2)CC1. The van der Waals surface area contributed by atoms with E-state index in [1.807, 2.05) is 35.2 Å². The number of unbranched alkanes of at least 4 members (excludes halogenated alkanes) is 1. The van der Waals surface area contributed by atoms with Crippen LogP contribution in [0.4, 0.5) is 0 Å². The molecule has 1 N–H and O–H groups in total. The Morgan fingerprint density at radius 3 is 2.60 bits per heavy atom.